The van der Waals surface area contributed by atoms with Gasteiger partial charge in [0, 0.05) is 0 Å². The molecule has 4 heteroatoms. The first kappa shape index (κ1) is 11.3. The first-order valence-corrected chi connectivity index (χ1v) is 3.94. The Morgan fingerprint density at radius 3 is 2.15 bits per heavy atom. The number of phenolic OH excluding ortho intramolecular Hbond substituents is 1. The molecule has 0 fully saturated rings. The minimum Gasteiger partial charge on any atom is -0.508 e. The third kappa shape index (κ3) is 5.55. The van der Waals surface area contributed by atoms with Crippen LogP contribution in [-0.4, -0.2) is 11.1 Å². The summed E-state index contributed by atoms with van der Waals surface area (Å²) in [4.78, 5) is 0. The van der Waals surface area contributed by atoms with Crippen molar-refractivity contribution < 1.29 is 5.11 Å². The molecule has 0 saturated carbocycles. The highest BCUT2D eigenvalue weighted by atomic mass is 16.3. The second-order valence-electron chi connectivity index (χ2n) is 2.44. The zero-order valence-corrected chi connectivity index (χ0v) is 7.62. The van der Waals surface area contributed by atoms with Crippen molar-refractivity contribution >= 4 is 5.96 Å². The molecule has 0 amide bonds. The molecule has 4 nitrogen and oxygen atoms in total. The van der Waals surface area contributed by atoms with Crippen LogP contribution < -0.4 is 11.5 Å². The number of phenols is 1. The minimum atomic E-state index is -0.333. The predicted octanol–water partition coefficient (Wildman–Crippen LogP) is 0.793. The fourth-order valence-corrected chi connectivity index (χ4v) is 0.810. The van der Waals surface area contributed by atoms with Crippen molar-refractivity contribution in [2.45, 2.75) is 13.3 Å². The second-order valence-corrected chi connectivity index (χ2v) is 2.44. The Morgan fingerprint density at radius 2 is 1.85 bits per heavy atom. The maximum Gasteiger partial charge on any atom is 0.183 e. The molecule has 1 rings (SSSR count). The molecule has 6 N–H and O–H groups in total. The van der Waals surface area contributed by atoms with E-state index in [-0.39, 0.29) is 5.96 Å². The lowest BCUT2D eigenvalue weighted by Gasteiger charge is -1.97. The topological polar surface area (TPSA) is 96.1 Å². The Morgan fingerprint density at radius 1 is 1.38 bits per heavy atom. The van der Waals surface area contributed by atoms with Crippen LogP contribution in [-0.2, 0) is 6.42 Å². The Kier molecular flexibility index (Phi) is 5.11. The van der Waals surface area contributed by atoms with Crippen LogP contribution in [0.15, 0.2) is 24.3 Å². The first-order chi connectivity index (χ1) is 6.07. The summed E-state index contributed by atoms with van der Waals surface area (Å²) in [5, 5.41) is 15.2. The number of aryl methyl sites for hydroxylation is 1. The van der Waals surface area contributed by atoms with Crippen molar-refractivity contribution in [2.75, 3.05) is 0 Å². The van der Waals surface area contributed by atoms with E-state index in [0.29, 0.717) is 5.75 Å². The summed E-state index contributed by atoms with van der Waals surface area (Å²) in [7, 11) is 0. The normalized spacial score (nSPS) is 8.38. The maximum absolute atomic E-state index is 9.11. The fraction of sp³-hybridized carbons (Fsp3) is 0.222. The van der Waals surface area contributed by atoms with Crippen molar-refractivity contribution in [3.63, 3.8) is 0 Å². The summed E-state index contributed by atoms with van der Waals surface area (Å²) >= 11 is 0. The van der Waals surface area contributed by atoms with Gasteiger partial charge in [-0.15, -0.1) is 0 Å². The molecule has 0 saturated heterocycles. The molecule has 0 aliphatic rings. The third-order valence-corrected chi connectivity index (χ3v) is 1.37. The van der Waals surface area contributed by atoms with E-state index in [4.69, 9.17) is 10.5 Å². The lowest BCUT2D eigenvalue weighted by atomic mass is 10.1. The van der Waals surface area contributed by atoms with Crippen LogP contribution >= 0.6 is 0 Å². The van der Waals surface area contributed by atoms with Crippen molar-refractivity contribution in [2.24, 2.45) is 11.5 Å². The molecule has 0 radical (unpaired) electrons. The molecule has 0 aliphatic carbocycles. The summed E-state index contributed by atoms with van der Waals surface area (Å²) in [6.07, 6.45) is 0.896. The van der Waals surface area contributed by atoms with Gasteiger partial charge in [0.1, 0.15) is 5.75 Å². The lowest BCUT2D eigenvalue weighted by molar-refractivity contribution is 0.469. The average molecular weight is 181 g/mol. The number of hydrogen-bond donors (Lipinski definition) is 4. The molecule has 0 unspecified atom stereocenters. The number of nitrogens with one attached hydrogen (secondary N) is 1. The quantitative estimate of drug-likeness (QED) is 0.381. The van der Waals surface area contributed by atoms with Crippen LogP contribution in [0.5, 0.6) is 5.75 Å². The molecular formula is C9H15N3O. The zero-order chi connectivity index (χ0) is 10.3. The van der Waals surface area contributed by atoms with E-state index in [2.05, 4.69) is 11.5 Å². The van der Waals surface area contributed by atoms with Gasteiger partial charge >= 0.3 is 0 Å². The number of rotatable bonds is 1. The van der Waals surface area contributed by atoms with Crippen LogP contribution in [0.1, 0.15) is 12.5 Å². The number of nitrogens with two attached hydrogens (primary N) is 2. The standard InChI is InChI=1S/C8H10O.CH5N3/c1-2-7-5-3-4-6-8(7)9;2-1(3)4/h3-6,9H,2H2,1H3;(H5,2,3,4). The van der Waals surface area contributed by atoms with Crippen LogP contribution in [0.3, 0.4) is 0 Å². The van der Waals surface area contributed by atoms with Gasteiger partial charge in [-0.25, -0.2) is 0 Å². The monoisotopic (exact) mass is 181 g/mol. The van der Waals surface area contributed by atoms with E-state index in [0.717, 1.165) is 12.0 Å². The summed E-state index contributed by atoms with van der Waals surface area (Å²) in [6, 6.07) is 7.39. The first-order valence-electron chi connectivity index (χ1n) is 3.94. The van der Waals surface area contributed by atoms with Crippen LogP contribution in [0, 0.1) is 5.41 Å². The molecule has 13 heavy (non-hydrogen) atoms. The molecule has 1 aromatic rings. The highest BCUT2D eigenvalue weighted by molar-refractivity contribution is 5.71. The molecule has 0 aliphatic heterocycles. The SMILES string of the molecule is CCc1ccccc1O.N=C(N)N. The summed E-state index contributed by atoms with van der Waals surface area (Å²) < 4.78 is 0. The fourth-order valence-electron chi connectivity index (χ4n) is 0.810. The molecule has 0 spiro atoms. The summed E-state index contributed by atoms with van der Waals surface area (Å²) in [5.74, 6) is 0.0694. The minimum absolute atomic E-state index is 0.333. The second kappa shape index (κ2) is 5.88. The average Bonchev–Trinajstić information content (AvgIpc) is 2.04. The van der Waals surface area contributed by atoms with Gasteiger partial charge < -0.3 is 16.6 Å². The number of guanidine groups is 1. The molecule has 72 valence electrons. The van der Waals surface area contributed by atoms with E-state index >= 15 is 0 Å². The van der Waals surface area contributed by atoms with E-state index < -0.39 is 0 Å². The Bertz CT molecular complexity index is 269. The van der Waals surface area contributed by atoms with Crippen molar-refractivity contribution in [1.29, 1.82) is 5.41 Å². The highest BCUT2D eigenvalue weighted by Crippen LogP contribution is 2.14. The van der Waals surface area contributed by atoms with Gasteiger partial charge in [-0.05, 0) is 18.1 Å². The molecule has 0 heterocycles. The number of benzene rings is 1. The van der Waals surface area contributed by atoms with Crippen molar-refractivity contribution in [3.8, 4) is 5.75 Å². The van der Waals surface area contributed by atoms with Crippen LogP contribution in [0.25, 0.3) is 0 Å². The zero-order valence-electron chi connectivity index (χ0n) is 7.62. The summed E-state index contributed by atoms with van der Waals surface area (Å²) in [5.41, 5.74) is 9.96. The largest absolute Gasteiger partial charge is 0.508 e. The smallest absolute Gasteiger partial charge is 0.183 e. The molecule has 0 bridgehead atoms. The molecule has 1 aromatic carbocycles. The van der Waals surface area contributed by atoms with E-state index in [9.17, 15) is 0 Å². The van der Waals surface area contributed by atoms with Gasteiger partial charge in [-0.3, -0.25) is 5.41 Å². The number of aromatic hydroxyl groups is 1. The van der Waals surface area contributed by atoms with Crippen molar-refractivity contribution in [1.82, 2.24) is 0 Å². The van der Waals surface area contributed by atoms with Gasteiger partial charge in [0.05, 0.1) is 0 Å². The molecular weight excluding hydrogens is 166 g/mol. The van der Waals surface area contributed by atoms with Gasteiger partial charge in [0.25, 0.3) is 0 Å². The van der Waals surface area contributed by atoms with Crippen LogP contribution in [0.2, 0.25) is 0 Å². The maximum atomic E-state index is 9.11. The third-order valence-electron chi connectivity index (χ3n) is 1.37. The predicted molar refractivity (Wildman–Crippen MR) is 53.6 cm³/mol. The Labute approximate surface area is 77.7 Å². The van der Waals surface area contributed by atoms with E-state index in [1.807, 2.05) is 25.1 Å². The van der Waals surface area contributed by atoms with E-state index in [1.165, 1.54) is 0 Å². The lowest BCUT2D eigenvalue weighted by Crippen LogP contribution is -2.20. The molecule has 0 aromatic heterocycles. The van der Waals surface area contributed by atoms with Crippen molar-refractivity contribution in [3.05, 3.63) is 29.8 Å². The highest BCUT2D eigenvalue weighted by Gasteiger charge is 1.92. The van der Waals surface area contributed by atoms with E-state index in [1.54, 1.807) is 6.07 Å². The Hall–Kier alpha value is -1.71. The summed E-state index contributed by atoms with van der Waals surface area (Å²) in [6.45, 7) is 2.02. The van der Waals surface area contributed by atoms with Gasteiger partial charge in [-0.1, -0.05) is 25.1 Å². The van der Waals surface area contributed by atoms with Gasteiger partial charge in [0.15, 0.2) is 5.96 Å². The Balaban J connectivity index is 0.000000310. The van der Waals surface area contributed by atoms with Gasteiger partial charge in [-0.2, -0.15) is 0 Å². The number of hydrogen-bond acceptors (Lipinski definition) is 2. The molecule has 0 atom stereocenters. The number of para-hydroxylation sites is 1. The van der Waals surface area contributed by atoms with Crippen LogP contribution in [0.4, 0.5) is 0 Å². The van der Waals surface area contributed by atoms with Gasteiger partial charge in [0.2, 0.25) is 0 Å².